The Morgan fingerprint density at radius 3 is 2.69 bits per heavy atom. The van der Waals surface area contributed by atoms with Crippen LogP contribution in [0.15, 0.2) is 30.3 Å². The molecule has 2 atom stereocenters. The summed E-state index contributed by atoms with van der Waals surface area (Å²) in [5.74, 6) is 2.31. The fraction of sp³-hybridized carbons (Fsp3) is 0.600. The molecule has 0 N–H and O–H groups in total. The van der Waals surface area contributed by atoms with E-state index in [4.69, 9.17) is 0 Å². The first kappa shape index (κ1) is 10.7. The monoisotopic (exact) mass is 232 g/mol. The molecule has 0 amide bonds. The summed E-state index contributed by atoms with van der Waals surface area (Å²) in [6.45, 7) is 0. The van der Waals surface area contributed by atoms with Gasteiger partial charge < -0.3 is 0 Å². The molecular weight excluding hydrogens is 212 g/mol. The van der Waals surface area contributed by atoms with E-state index in [0.29, 0.717) is 4.75 Å². The molecule has 0 bridgehead atoms. The second-order valence-corrected chi connectivity index (χ2v) is 6.61. The van der Waals surface area contributed by atoms with E-state index in [1.165, 1.54) is 44.3 Å². The van der Waals surface area contributed by atoms with Crippen LogP contribution in [-0.2, 0) is 4.75 Å². The number of benzene rings is 1. The Kier molecular flexibility index (Phi) is 2.97. The second-order valence-electron chi connectivity index (χ2n) is 5.19. The van der Waals surface area contributed by atoms with E-state index >= 15 is 0 Å². The van der Waals surface area contributed by atoms with Crippen LogP contribution in [0.1, 0.15) is 44.1 Å². The average Bonchev–Trinajstić information content (AvgIpc) is 2.40. The van der Waals surface area contributed by atoms with Crippen molar-refractivity contribution in [1.82, 2.24) is 0 Å². The number of hydrogen-bond acceptors (Lipinski definition) is 1. The maximum atomic E-state index is 2.36. The molecule has 1 saturated carbocycles. The Bertz CT molecular complexity index is 332. The van der Waals surface area contributed by atoms with E-state index in [9.17, 15) is 0 Å². The zero-order valence-electron chi connectivity index (χ0n) is 9.82. The zero-order chi connectivity index (χ0) is 10.8. The first-order chi connectivity index (χ1) is 7.92. The molecule has 0 aromatic heterocycles. The van der Waals surface area contributed by atoms with Crippen LogP contribution in [-0.4, -0.2) is 5.75 Å². The number of rotatable bonds is 1. The predicted molar refractivity (Wildman–Crippen MR) is 71.8 cm³/mol. The minimum absolute atomic E-state index is 0.484. The molecule has 3 rings (SSSR count). The lowest BCUT2D eigenvalue weighted by molar-refractivity contribution is 0.250. The van der Waals surface area contributed by atoms with Crippen LogP contribution in [0.2, 0.25) is 0 Å². The summed E-state index contributed by atoms with van der Waals surface area (Å²) in [5, 5.41) is 0. The second kappa shape index (κ2) is 4.44. The summed E-state index contributed by atoms with van der Waals surface area (Å²) in [6, 6.07) is 11.3. The van der Waals surface area contributed by atoms with Crippen LogP contribution >= 0.6 is 11.8 Å². The van der Waals surface area contributed by atoms with Crippen molar-refractivity contribution in [3.05, 3.63) is 35.9 Å². The number of hydrogen-bond donors (Lipinski definition) is 0. The van der Waals surface area contributed by atoms with Gasteiger partial charge in [0.2, 0.25) is 0 Å². The summed E-state index contributed by atoms with van der Waals surface area (Å²) < 4.78 is 0.484. The van der Waals surface area contributed by atoms with Crippen molar-refractivity contribution in [2.24, 2.45) is 5.92 Å². The molecule has 1 heteroatoms. The van der Waals surface area contributed by atoms with E-state index in [-0.39, 0.29) is 0 Å². The molecule has 1 aliphatic carbocycles. The molecule has 0 nitrogen and oxygen atoms in total. The SMILES string of the molecule is c1ccc(C23CCCCC2CCCS3)cc1. The smallest absolute Gasteiger partial charge is 0.0436 e. The van der Waals surface area contributed by atoms with Crippen LogP contribution in [0, 0.1) is 5.92 Å². The summed E-state index contributed by atoms with van der Waals surface area (Å²) in [5.41, 5.74) is 1.60. The van der Waals surface area contributed by atoms with Gasteiger partial charge in [-0.25, -0.2) is 0 Å². The van der Waals surface area contributed by atoms with Gasteiger partial charge >= 0.3 is 0 Å². The maximum absolute atomic E-state index is 2.36. The normalized spacial score (nSPS) is 34.4. The van der Waals surface area contributed by atoms with Gasteiger partial charge in [-0.3, -0.25) is 0 Å². The van der Waals surface area contributed by atoms with Crippen molar-refractivity contribution in [2.75, 3.05) is 5.75 Å². The zero-order valence-corrected chi connectivity index (χ0v) is 10.6. The van der Waals surface area contributed by atoms with E-state index in [0.717, 1.165) is 5.92 Å². The first-order valence-corrected chi connectivity index (χ1v) is 7.60. The minimum atomic E-state index is 0.484. The molecule has 2 fully saturated rings. The Morgan fingerprint density at radius 1 is 1.00 bits per heavy atom. The molecule has 2 aliphatic rings. The van der Waals surface area contributed by atoms with Crippen LogP contribution in [0.3, 0.4) is 0 Å². The van der Waals surface area contributed by atoms with Gasteiger partial charge in [-0.1, -0.05) is 43.2 Å². The Hall–Kier alpha value is -0.430. The average molecular weight is 232 g/mol. The van der Waals surface area contributed by atoms with Gasteiger partial charge in [0.1, 0.15) is 0 Å². The summed E-state index contributed by atoms with van der Waals surface area (Å²) in [6.07, 6.45) is 8.65. The molecule has 86 valence electrons. The lowest BCUT2D eigenvalue weighted by Crippen LogP contribution is -2.38. The summed E-state index contributed by atoms with van der Waals surface area (Å²) in [4.78, 5) is 0. The third-order valence-corrected chi connectivity index (χ3v) is 6.11. The predicted octanol–water partition coefficient (Wildman–Crippen LogP) is 4.60. The van der Waals surface area contributed by atoms with Crippen LogP contribution in [0.25, 0.3) is 0 Å². The molecule has 1 heterocycles. The highest BCUT2D eigenvalue weighted by molar-refractivity contribution is 8.00. The third-order valence-electron chi connectivity index (χ3n) is 4.33. The van der Waals surface area contributed by atoms with E-state index in [1.54, 1.807) is 5.56 Å². The molecule has 1 aromatic carbocycles. The molecule has 0 radical (unpaired) electrons. The van der Waals surface area contributed by atoms with Crippen molar-refractivity contribution in [2.45, 2.75) is 43.3 Å². The number of fused-ring (bicyclic) bond motifs is 1. The summed E-state index contributed by atoms with van der Waals surface area (Å²) >= 11 is 2.25. The topological polar surface area (TPSA) is 0 Å². The quantitative estimate of drug-likeness (QED) is 0.682. The van der Waals surface area contributed by atoms with Crippen molar-refractivity contribution in [1.29, 1.82) is 0 Å². The van der Waals surface area contributed by atoms with Crippen molar-refractivity contribution in [3.8, 4) is 0 Å². The third kappa shape index (κ3) is 1.69. The fourth-order valence-corrected chi connectivity index (χ4v) is 5.29. The molecule has 0 spiro atoms. The van der Waals surface area contributed by atoms with Crippen molar-refractivity contribution >= 4 is 11.8 Å². The first-order valence-electron chi connectivity index (χ1n) is 6.61. The lowest BCUT2D eigenvalue weighted by atomic mass is 9.72. The van der Waals surface area contributed by atoms with Crippen LogP contribution < -0.4 is 0 Å². The van der Waals surface area contributed by atoms with Gasteiger partial charge in [0.25, 0.3) is 0 Å². The van der Waals surface area contributed by atoms with E-state index in [1.807, 2.05) is 0 Å². The maximum Gasteiger partial charge on any atom is 0.0436 e. The number of thioether (sulfide) groups is 1. The van der Waals surface area contributed by atoms with Crippen molar-refractivity contribution in [3.63, 3.8) is 0 Å². The standard InChI is InChI=1S/C15H20S/c1-2-7-13(8-3-1)15-11-5-4-9-14(15)10-6-12-16-15/h1-3,7-8,14H,4-6,9-12H2. The Morgan fingerprint density at radius 2 is 1.81 bits per heavy atom. The lowest BCUT2D eigenvalue weighted by Gasteiger charge is -2.47. The minimum Gasteiger partial charge on any atom is -0.150 e. The molecule has 1 saturated heterocycles. The van der Waals surface area contributed by atoms with Gasteiger partial charge in [-0.2, -0.15) is 11.8 Å². The largest absolute Gasteiger partial charge is 0.150 e. The molecule has 16 heavy (non-hydrogen) atoms. The van der Waals surface area contributed by atoms with Gasteiger partial charge in [-0.05, 0) is 42.9 Å². The highest BCUT2D eigenvalue weighted by atomic mass is 32.2. The van der Waals surface area contributed by atoms with Gasteiger partial charge in [0.05, 0.1) is 0 Å². The Balaban J connectivity index is 1.98. The highest BCUT2D eigenvalue weighted by Crippen LogP contribution is 2.55. The van der Waals surface area contributed by atoms with Gasteiger partial charge in [-0.15, -0.1) is 0 Å². The Labute approximate surface area is 103 Å². The van der Waals surface area contributed by atoms with E-state index < -0.39 is 0 Å². The van der Waals surface area contributed by atoms with Gasteiger partial charge in [0.15, 0.2) is 0 Å². The summed E-state index contributed by atoms with van der Waals surface area (Å²) in [7, 11) is 0. The van der Waals surface area contributed by atoms with E-state index in [2.05, 4.69) is 42.1 Å². The highest BCUT2D eigenvalue weighted by Gasteiger charge is 2.43. The van der Waals surface area contributed by atoms with Gasteiger partial charge in [0, 0.05) is 4.75 Å². The molecule has 1 aliphatic heterocycles. The molecular formula is C15H20S. The molecule has 1 aromatic rings. The van der Waals surface area contributed by atoms with Crippen LogP contribution in [0.5, 0.6) is 0 Å². The fourth-order valence-electron chi connectivity index (χ4n) is 3.55. The van der Waals surface area contributed by atoms with Crippen molar-refractivity contribution < 1.29 is 0 Å². The van der Waals surface area contributed by atoms with Crippen LogP contribution in [0.4, 0.5) is 0 Å². The molecule has 2 unspecified atom stereocenters.